The molecule has 2 heterocycles. The molecule has 0 atom stereocenters. The van der Waals surface area contributed by atoms with Crippen molar-refractivity contribution in [2.75, 3.05) is 4.90 Å². The molecular weight excluding hydrogens is 669 g/mol. The Bertz CT molecular complexity index is 3180. The molecule has 258 valence electrons. The molecule has 11 aromatic rings. The van der Waals surface area contributed by atoms with Crippen LogP contribution in [0.4, 0.5) is 17.1 Å². The zero-order chi connectivity index (χ0) is 36.3. The molecule has 0 N–H and O–H groups in total. The summed E-state index contributed by atoms with van der Waals surface area (Å²) in [6.45, 7) is 0. The highest BCUT2D eigenvalue weighted by Gasteiger charge is 2.22. The summed E-state index contributed by atoms with van der Waals surface area (Å²) in [4.78, 5) is 2.35. The number of nitrogens with zero attached hydrogens (tertiary/aromatic N) is 2. The summed E-state index contributed by atoms with van der Waals surface area (Å²) in [6.07, 6.45) is 0. The fourth-order valence-corrected chi connectivity index (χ4v) is 8.52. The minimum Gasteiger partial charge on any atom is -0.456 e. The summed E-state index contributed by atoms with van der Waals surface area (Å²) in [7, 11) is 0. The van der Waals surface area contributed by atoms with E-state index < -0.39 is 0 Å². The van der Waals surface area contributed by atoms with Gasteiger partial charge in [0.25, 0.3) is 0 Å². The SMILES string of the molecule is c1ccc(-c2ccc(N(c3ccccc3)c3cccc4oc5cc(-c6ccc7c(c6)c6ccccc6n7-c6ccccc6)c6ccccc6c5c34)cc2)cc1. The van der Waals surface area contributed by atoms with Crippen molar-refractivity contribution in [1.82, 2.24) is 4.57 Å². The molecule has 0 aliphatic rings. The third-order valence-electron chi connectivity index (χ3n) is 11.0. The summed E-state index contributed by atoms with van der Waals surface area (Å²) in [5, 5.41) is 7.04. The Balaban J connectivity index is 1.12. The number of benzene rings is 9. The minimum absolute atomic E-state index is 0.859. The Kier molecular flexibility index (Phi) is 7.17. The van der Waals surface area contributed by atoms with Crippen molar-refractivity contribution in [2.24, 2.45) is 0 Å². The molecule has 3 nitrogen and oxygen atoms in total. The summed E-state index contributed by atoms with van der Waals surface area (Å²) >= 11 is 0. The van der Waals surface area contributed by atoms with Gasteiger partial charge in [-0.05, 0) is 106 Å². The van der Waals surface area contributed by atoms with Crippen LogP contribution in [0.5, 0.6) is 0 Å². The molecule has 0 spiro atoms. The predicted octanol–water partition coefficient (Wildman–Crippen LogP) is 14.6. The molecule has 0 saturated carbocycles. The average molecular weight is 703 g/mol. The Hall–Kier alpha value is -7.36. The number of hydrogen-bond acceptors (Lipinski definition) is 2. The summed E-state index contributed by atoms with van der Waals surface area (Å²) in [5.74, 6) is 0. The van der Waals surface area contributed by atoms with E-state index in [0.717, 1.165) is 55.8 Å². The lowest BCUT2D eigenvalue weighted by Gasteiger charge is -2.26. The highest BCUT2D eigenvalue weighted by Crippen LogP contribution is 2.47. The molecule has 0 aliphatic heterocycles. The maximum absolute atomic E-state index is 6.85. The molecule has 0 unspecified atom stereocenters. The lowest BCUT2D eigenvalue weighted by Crippen LogP contribution is -2.10. The van der Waals surface area contributed by atoms with Crippen molar-refractivity contribution in [1.29, 1.82) is 0 Å². The highest BCUT2D eigenvalue weighted by atomic mass is 16.3. The molecule has 11 rings (SSSR count). The molecule has 55 heavy (non-hydrogen) atoms. The lowest BCUT2D eigenvalue weighted by molar-refractivity contribution is 0.669. The second-order valence-corrected chi connectivity index (χ2v) is 14.1. The fourth-order valence-electron chi connectivity index (χ4n) is 8.52. The van der Waals surface area contributed by atoms with Gasteiger partial charge in [0.1, 0.15) is 11.2 Å². The van der Waals surface area contributed by atoms with Crippen molar-refractivity contribution in [3.8, 4) is 27.9 Å². The molecule has 9 aromatic carbocycles. The number of aromatic nitrogens is 1. The van der Waals surface area contributed by atoms with Gasteiger partial charge in [-0.25, -0.2) is 0 Å². The summed E-state index contributed by atoms with van der Waals surface area (Å²) in [6, 6.07) is 73.7. The van der Waals surface area contributed by atoms with Gasteiger partial charge in [-0.3, -0.25) is 0 Å². The van der Waals surface area contributed by atoms with Gasteiger partial charge >= 0.3 is 0 Å². The molecule has 0 amide bonds. The largest absolute Gasteiger partial charge is 0.456 e. The van der Waals surface area contributed by atoms with Crippen molar-refractivity contribution in [2.45, 2.75) is 0 Å². The highest BCUT2D eigenvalue weighted by molar-refractivity contribution is 6.26. The molecule has 3 heteroatoms. The third-order valence-corrected chi connectivity index (χ3v) is 11.0. The topological polar surface area (TPSA) is 21.3 Å². The Morgan fingerprint density at radius 1 is 0.364 bits per heavy atom. The third kappa shape index (κ3) is 5.05. The normalized spacial score (nSPS) is 11.6. The van der Waals surface area contributed by atoms with Crippen molar-refractivity contribution >= 4 is 71.6 Å². The van der Waals surface area contributed by atoms with Gasteiger partial charge in [-0.1, -0.05) is 133 Å². The molecule has 0 radical (unpaired) electrons. The van der Waals surface area contributed by atoms with E-state index in [-0.39, 0.29) is 0 Å². The zero-order valence-electron chi connectivity index (χ0n) is 29.9. The van der Waals surface area contributed by atoms with Crippen molar-refractivity contribution in [3.05, 3.63) is 206 Å². The Morgan fingerprint density at radius 2 is 0.964 bits per heavy atom. The number of hydrogen-bond donors (Lipinski definition) is 0. The van der Waals surface area contributed by atoms with E-state index in [9.17, 15) is 0 Å². The van der Waals surface area contributed by atoms with E-state index in [2.05, 4.69) is 216 Å². The van der Waals surface area contributed by atoms with Crippen LogP contribution in [0, 0.1) is 0 Å². The lowest BCUT2D eigenvalue weighted by atomic mass is 9.93. The number of fused-ring (bicyclic) bond motifs is 8. The van der Waals surface area contributed by atoms with Crippen LogP contribution in [-0.2, 0) is 0 Å². The molecule has 2 aromatic heterocycles. The Labute approximate surface area is 318 Å². The van der Waals surface area contributed by atoms with Crippen LogP contribution < -0.4 is 4.90 Å². The van der Waals surface area contributed by atoms with E-state index in [4.69, 9.17) is 4.42 Å². The smallest absolute Gasteiger partial charge is 0.137 e. The number of rotatable bonds is 6. The van der Waals surface area contributed by atoms with E-state index in [1.165, 1.54) is 43.7 Å². The van der Waals surface area contributed by atoms with Crippen molar-refractivity contribution in [3.63, 3.8) is 0 Å². The number of anilines is 3. The molecule has 0 aliphatic carbocycles. The van der Waals surface area contributed by atoms with Gasteiger partial charge < -0.3 is 13.9 Å². The molecule has 0 saturated heterocycles. The summed E-state index contributed by atoms with van der Waals surface area (Å²) < 4.78 is 9.22. The fraction of sp³-hybridized carbons (Fsp3) is 0. The van der Waals surface area contributed by atoms with E-state index in [1.807, 2.05) is 0 Å². The van der Waals surface area contributed by atoms with Gasteiger partial charge in [0.2, 0.25) is 0 Å². The van der Waals surface area contributed by atoms with Gasteiger partial charge in [-0.2, -0.15) is 0 Å². The molecule has 0 bridgehead atoms. The van der Waals surface area contributed by atoms with Crippen LogP contribution in [0.1, 0.15) is 0 Å². The maximum Gasteiger partial charge on any atom is 0.137 e. The standard InChI is InChI=1S/C52H34N2O/c1-4-15-35(16-5-1)36-27-30-40(31-28-36)53(38-17-6-2-7-18-38)48-25-14-26-49-52(48)51-43-23-11-10-21-41(43)44(34-50(51)55-49)37-29-32-47-45(33-37)42-22-12-13-24-46(42)54(47)39-19-8-3-9-20-39/h1-34H. The van der Waals surface area contributed by atoms with E-state index in [0.29, 0.717) is 0 Å². The number of furan rings is 1. The molecule has 0 fully saturated rings. The maximum atomic E-state index is 6.85. The molecular formula is C52H34N2O. The van der Waals surface area contributed by atoms with Crippen LogP contribution in [0.15, 0.2) is 211 Å². The second-order valence-electron chi connectivity index (χ2n) is 14.1. The second kappa shape index (κ2) is 12.6. The number of para-hydroxylation sites is 3. The van der Waals surface area contributed by atoms with Crippen LogP contribution in [-0.4, -0.2) is 4.57 Å². The monoisotopic (exact) mass is 702 g/mol. The van der Waals surface area contributed by atoms with Crippen LogP contribution in [0.3, 0.4) is 0 Å². The Morgan fingerprint density at radius 3 is 1.75 bits per heavy atom. The van der Waals surface area contributed by atoms with Crippen LogP contribution in [0.25, 0.3) is 82.5 Å². The first-order valence-electron chi connectivity index (χ1n) is 18.8. The van der Waals surface area contributed by atoms with Crippen LogP contribution >= 0.6 is 0 Å². The van der Waals surface area contributed by atoms with Crippen molar-refractivity contribution < 1.29 is 4.42 Å². The minimum atomic E-state index is 0.859. The van der Waals surface area contributed by atoms with Gasteiger partial charge in [0, 0.05) is 33.2 Å². The average Bonchev–Trinajstić information content (AvgIpc) is 3.81. The quantitative estimate of drug-likeness (QED) is 0.172. The van der Waals surface area contributed by atoms with Gasteiger partial charge in [0.15, 0.2) is 0 Å². The zero-order valence-corrected chi connectivity index (χ0v) is 29.9. The van der Waals surface area contributed by atoms with Gasteiger partial charge in [-0.15, -0.1) is 0 Å². The van der Waals surface area contributed by atoms with E-state index in [1.54, 1.807) is 0 Å². The summed E-state index contributed by atoms with van der Waals surface area (Å²) in [5.41, 5.74) is 13.2. The predicted molar refractivity (Wildman–Crippen MR) is 231 cm³/mol. The van der Waals surface area contributed by atoms with Gasteiger partial charge in [0.05, 0.1) is 22.1 Å². The first kappa shape index (κ1) is 31.2. The van der Waals surface area contributed by atoms with E-state index >= 15 is 0 Å². The van der Waals surface area contributed by atoms with Crippen LogP contribution in [0.2, 0.25) is 0 Å². The first-order chi connectivity index (χ1) is 27.3. The first-order valence-corrected chi connectivity index (χ1v) is 18.8.